The van der Waals surface area contributed by atoms with Crippen molar-refractivity contribution in [2.75, 3.05) is 18.2 Å². The first-order valence-electron chi connectivity index (χ1n) is 5.12. The number of benzene rings is 1. The Kier molecular flexibility index (Phi) is 2.21. The van der Waals surface area contributed by atoms with Gasteiger partial charge in [0.1, 0.15) is 0 Å². The largest absolute Gasteiger partial charge is 0.454 e. The van der Waals surface area contributed by atoms with Crippen molar-refractivity contribution in [3.8, 4) is 11.5 Å². The summed E-state index contributed by atoms with van der Waals surface area (Å²) in [5.74, 6) is 1.55. The Bertz CT molecular complexity index is 449. The van der Waals surface area contributed by atoms with Gasteiger partial charge in [-0.05, 0) is 12.1 Å². The number of nitrogens with zero attached hydrogens (tertiary/aromatic N) is 1. The smallest absolute Gasteiger partial charge is 0.231 e. The normalized spacial score (nSPS) is 22.9. The Hall–Kier alpha value is -1.36. The van der Waals surface area contributed by atoms with Gasteiger partial charge in [0.2, 0.25) is 12.7 Å². The van der Waals surface area contributed by atoms with Crippen LogP contribution in [0.3, 0.4) is 0 Å². The van der Waals surface area contributed by atoms with Gasteiger partial charge in [-0.2, -0.15) is 12.6 Å². The third kappa shape index (κ3) is 1.51. The van der Waals surface area contributed by atoms with Crippen LogP contribution in [-0.2, 0) is 4.79 Å². The number of anilines is 1. The van der Waals surface area contributed by atoms with Gasteiger partial charge in [-0.3, -0.25) is 4.79 Å². The zero-order valence-corrected chi connectivity index (χ0v) is 9.44. The number of hydrogen-bond acceptors (Lipinski definition) is 4. The zero-order chi connectivity index (χ0) is 11.1. The minimum Gasteiger partial charge on any atom is -0.454 e. The molecule has 1 unspecified atom stereocenters. The first kappa shape index (κ1) is 9.84. The van der Waals surface area contributed by atoms with E-state index < -0.39 is 0 Å². The number of thiol groups is 1. The Labute approximate surface area is 98.5 Å². The molecule has 5 heteroatoms. The first-order valence-corrected chi connectivity index (χ1v) is 5.64. The average molecular weight is 237 g/mol. The second-order valence-electron chi connectivity index (χ2n) is 3.90. The van der Waals surface area contributed by atoms with E-state index in [1.54, 1.807) is 4.90 Å². The molecule has 0 aromatic heterocycles. The molecule has 1 atom stereocenters. The minimum absolute atomic E-state index is 0.110. The fraction of sp³-hybridized carbons (Fsp3) is 0.364. The molecule has 16 heavy (non-hydrogen) atoms. The summed E-state index contributed by atoms with van der Waals surface area (Å²) in [5, 5.41) is 0.123. The molecule has 1 saturated heterocycles. The Balaban J connectivity index is 1.92. The van der Waals surface area contributed by atoms with E-state index in [2.05, 4.69) is 12.6 Å². The summed E-state index contributed by atoms with van der Waals surface area (Å²) >= 11 is 4.32. The van der Waals surface area contributed by atoms with Crippen molar-refractivity contribution >= 4 is 24.2 Å². The summed E-state index contributed by atoms with van der Waals surface area (Å²) in [7, 11) is 0. The van der Waals surface area contributed by atoms with E-state index in [0.29, 0.717) is 18.7 Å². The van der Waals surface area contributed by atoms with Gasteiger partial charge in [-0.1, -0.05) is 0 Å². The number of hydrogen-bond donors (Lipinski definition) is 1. The lowest BCUT2D eigenvalue weighted by atomic mass is 10.2. The summed E-state index contributed by atoms with van der Waals surface area (Å²) in [4.78, 5) is 13.4. The highest BCUT2D eigenvalue weighted by atomic mass is 32.1. The minimum atomic E-state index is 0.110. The SMILES string of the molecule is O=C1CC(S)CN1c1ccc2c(c1)OCO2. The van der Waals surface area contributed by atoms with Crippen molar-refractivity contribution < 1.29 is 14.3 Å². The number of carbonyl (C=O) groups is 1. The second-order valence-corrected chi connectivity index (χ2v) is 4.63. The molecule has 84 valence electrons. The van der Waals surface area contributed by atoms with E-state index in [0.717, 1.165) is 11.4 Å². The summed E-state index contributed by atoms with van der Waals surface area (Å²) in [6.45, 7) is 0.906. The van der Waals surface area contributed by atoms with Gasteiger partial charge in [0.25, 0.3) is 0 Å². The van der Waals surface area contributed by atoms with Crippen LogP contribution in [-0.4, -0.2) is 24.5 Å². The van der Waals surface area contributed by atoms with Crippen molar-refractivity contribution in [1.29, 1.82) is 0 Å². The molecule has 3 rings (SSSR count). The lowest BCUT2D eigenvalue weighted by Crippen LogP contribution is -2.24. The Morgan fingerprint density at radius 3 is 2.88 bits per heavy atom. The maximum atomic E-state index is 11.7. The lowest BCUT2D eigenvalue weighted by Gasteiger charge is -2.16. The number of amides is 1. The molecule has 4 nitrogen and oxygen atoms in total. The highest BCUT2D eigenvalue weighted by molar-refractivity contribution is 7.81. The van der Waals surface area contributed by atoms with E-state index in [1.165, 1.54) is 0 Å². The molecule has 0 spiro atoms. The molecule has 2 aliphatic heterocycles. The van der Waals surface area contributed by atoms with E-state index in [9.17, 15) is 4.79 Å². The van der Waals surface area contributed by atoms with E-state index >= 15 is 0 Å². The molecule has 1 fully saturated rings. The van der Waals surface area contributed by atoms with Crippen LogP contribution < -0.4 is 14.4 Å². The average Bonchev–Trinajstić information content (AvgIpc) is 2.83. The van der Waals surface area contributed by atoms with Crippen LogP contribution in [0, 0.1) is 0 Å². The van der Waals surface area contributed by atoms with Crippen LogP contribution in [0.25, 0.3) is 0 Å². The van der Waals surface area contributed by atoms with Gasteiger partial charge in [-0.25, -0.2) is 0 Å². The van der Waals surface area contributed by atoms with Gasteiger partial charge in [0.05, 0.1) is 0 Å². The molecular weight excluding hydrogens is 226 g/mol. The quantitative estimate of drug-likeness (QED) is 0.751. The van der Waals surface area contributed by atoms with E-state index in [4.69, 9.17) is 9.47 Å². The summed E-state index contributed by atoms with van der Waals surface area (Å²) < 4.78 is 10.5. The highest BCUT2D eigenvalue weighted by Gasteiger charge is 2.29. The fourth-order valence-electron chi connectivity index (χ4n) is 1.99. The third-order valence-corrected chi connectivity index (χ3v) is 3.12. The number of ether oxygens (including phenoxy) is 2. The predicted octanol–water partition coefficient (Wildman–Crippen LogP) is 1.45. The van der Waals surface area contributed by atoms with Crippen LogP contribution >= 0.6 is 12.6 Å². The molecule has 0 bridgehead atoms. The topological polar surface area (TPSA) is 38.8 Å². The lowest BCUT2D eigenvalue weighted by molar-refractivity contribution is -0.117. The molecule has 2 aliphatic rings. The molecule has 1 aromatic rings. The second kappa shape index (κ2) is 3.59. The molecule has 1 aromatic carbocycles. The van der Waals surface area contributed by atoms with Crippen molar-refractivity contribution in [3.05, 3.63) is 18.2 Å². The third-order valence-electron chi connectivity index (χ3n) is 2.77. The highest BCUT2D eigenvalue weighted by Crippen LogP contribution is 2.36. The van der Waals surface area contributed by atoms with Crippen molar-refractivity contribution in [1.82, 2.24) is 0 Å². The first-order chi connectivity index (χ1) is 7.74. The molecule has 0 radical (unpaired) electrons. The van der Waals surface area contributed by atoms with Gasteiger partial charge in [0, 0.05) is 30.0 Å². The predicted molar refractivity (Wildman–Crippen MR) is 62.3 cm³/mol. The van der Waals surface area contributed by atoms with Crippen molar-refractivity contribution in [2.45, 2.75) is 11.7 Å². The van der Waals surface area contributed by atoms with E-state index in [-0.39, 0.29) is 18.0 Å². The van der Waals surface area contributed by atoms with Gasteiger partial charge >= 0.3 is 0 Å². The Morgan fingerprint density at radius 1 is 1.31 bits per heavy atom. The molecule has 0 saturated carbocycles. The van der Waals surface area contributed by atoms with Crippen LogP contribution in [0.5, 0.6) is 11.5 Å². The van der Waals surface area contributed by atoms with Crippen LogP contribution in [0.15, 0.2) is 18.2 Å². The standard InChI is InChI=1S/C11H11NO3S/c13-11-4-8(16)5-12(11)7-1-2-9-10(3-7)15-6-14-9/h1-3,8,16H,4-6H2. The molecule has 0 aliphatic carbocycles. The summed E-state index contributed by atoms with van der Waals surface area (Å²) in [6, 6.07) is 5.54. The van der Waals surface area contributed by atoms with Crippen LogP contribution in [0.4, 0.5) is 5.69 Å². The maximum absolute atomic E-state index is 11.7. The van der Waals surface area contributed by atoms with Gasteiger partial charge in [-0.15, -0.1) is 0 Å². The van der Waals surface area contributed by atoms with Crippen molar-refractivity contribution in [2.24, 2.45) is 0 Å². The van der Waals surface area contributed by atoms with Crippen LogP contribution in [0.2, 0.25) is 0 Å². The molecule has 1 amide bonds. The molecular formula is C11H11NO3S. The summed E-state index contributed by atoms with van der Waals surface area (Å²) in [5.41, 5.74) is 0.853. The maximum Gasteiger partial charge on any atom is 0.231 e. The monoisotopic (exact) mass is 237 g/mol. The van der Waals surface area contributed by atoms with Gasteiger partial charge in [0.15, 0.2) is 11.5 Å². The molecule has 2 heterocycles. The number of carbonyl (C=O) groups excluding carboxylic acids is 1. The fourth-order valence-corrected chi connectivity index (χ4v) is 2.31. The number of rotatable bonds is 1. The van der Waals surface area contributed by atoms with Crippen LogP contribution in [0.1, 0.15) is 6.42 Å². The zero-order valence-electron chi connectivity index (χ0n) is 8.55. The van der Waals surface area contributed by atoms with E-state index in [1.807, 2.05) is 18.2 Å². The Morgan fingerprint density at radius 2 is 2.12 bits per heavy atom. The summed E-state index contributed by atoms with van der Waals surface area (Å²) in [6.07, 6.45) is 0.498. The number of fused-ring (bicyclic) bond motifs is 1. The molecule has 0 N–H and O–H groups in total. The van der Waals surface area contributed by atoms with Crippen molar-refractivity contribution in [3.63, 3.8) is 0 Å². The van der Waals surface area contributed by atoms with Gasteiger partial charge < -0.3 is 14.4 Å².